The molecule has 1 aromatic heterocycles. The molecule has 3 aromatic rings. The zero-order valence-corrected chi connectivity index (χ0v) is 29.2. The molecule has 2 N–H and O–H groups in total. The monoisotopic (exact) mass is 674 g/mol. The molecule has 4 heterocycles. The van der Waals surface area contributed by atoms with Gasteiger partial charge < -0.3 is 20.3 Å². The van der Waals surface area contributed by atoms with Gasteiger partial charge in [0.15, 0.2) is 5.82 Å². The first-order chi connectivity index (χ1) is 23.2. The molecule has 256 valence electrons. The summed E-state index contributed by atoms with van der Waals surface area (Å²) in [5, 5.41) is 8.99. The van der Waals surface area contributed by atoms with Crippen LogP contribution in [-0.2, 0) is 9.63 Å². The van der Waals surface area contributed by atoms with Crippen molar-refractivity contribution in [2.45, 2.75) is 58.2 Å². The Morgan fingerprint density at radius 2 is 1.83 bits per heavy atom. The van der Waals surface area contributed by atoms with E-state index >= 15 is 0 Å². The van der Waals surface area contributed by atoms with Gasteiger partial charge in [0.2, 0.25) is 5.91 Å². The molecule has 0 saturated carbocycles. The predicted molar refractivity (Wildman–Crippen MR) is 193 cm³/mol. The van der Waals surface area contributed by atoms with Crippen LogP contribution in [0.1, 0.15) is 50.3 Å². The van der Waals surface area contributed by atoms with Crippen LogP contribution in [0, 0.1) is 6.92 Å². The summed E-state index contributed by atoms with van der Waals surface area (Å²) in [5.41, 5.74) is 4.39. The lowest BCUT2D eigenvalue weighted by Crippen LogP contribution is -2.54. The quantitative estimate of drug-likeness (QED) is 0.242. The first kappa shape index (κ1) is 34.0. The average molecular weight is 675 g/mol. The largest absolute Gasteiger partial charge is 0.494 e. The van der Waals surface area contributed by atoms with E-state index in [1.807, 2.05) is 42.3 Å². The zero-order chi connectivity index (χ0) is 33.8. The fourth-order valence-electron chi connectivity index (χ4n) is 7.11. The van der Waals surface area contributed by atoms with Crippen molar-refractivity contribution in [3.8, 4) is 5.75 Å². The van der Waals surface area contributed by atoms with Crippen LogP contribution in [-0.4, -0.2) is 90.7 Å². The van der Waals surface area contributed by atoms with Gasteiger partial charge in [-0.05, 0) is 62.9 Å². The molecule has 0 spiro atoms. The van der Waals surface area contributed by atoms with Gasteiger partial charge in [0.1, 0.15) is 17.9 Å². The van der Waals surface area contributed by atoms with Gasteiger partial charge in [-0.2, -0.15) is 0 Å². The van der Waals surface area contributed by atoms with Gasteiger partial charge in [0.25, 0.3) is 0 Å². The van der Waals surface area contributed by atoms with E-state index in [1.54, 1.807) is 7.11 Å². The summed E-state index contributed by atoms with van der Waals surface area (Å²) < 4.78 is 5.88. The van der Waals surface area contributed by atoms with Gasteiger partial charge in [-0.3, -0.25) is 19.4 Å². The molecule has 3 saturated heterocycles. The number of methoxy groups -OCH3 is 1. The Hall–Kier alpha value is -3.90. The second-order valence-corrected chi connectivity index (χ2v) is 13.4. The van der Waals surface area contributed by atoms with Crippen molar-refractivity contribution in [2.24, 2.45) is 0 Å². The number of carbonyl (C=O) groups excluding carboxylic acids is 1. The maximum atomic E-state index is 12.6. The highest BCUT2D eigenvalue weighted by Crippen LogP contribution is 2.41. The number of piperidine rings is 1. The van der Waals surface area contributed by atoms with Crippen LogP contribution in [0.5, 0.6) is 5.75 Å². The minimum Gasteiger partial charge on any atom is -0.494 e. The highest BCUT2D eigenvalue weighted by molar-refractivity contribution is 6.31. The van der Waals surface area contributed by atoms with Gasteiger partial charge in [-0.1, -0.05) is 30.3 Å². The first-order valence-electron chi connectivity index (χ1n) is 16.9. The van der Waals surface area contributed by atoms with Crippen LogP contribution >= 0.6 is 11.6 Å². The number of rotatable bonds is 10. The number of ether oxygens (including phenoxy) is 1. The fourth-order valence-corrected chi connectivity index (χ4v) is 7.29. The number of halogens is 1. The molecule has 11 nitrogen and oxygen atoms in total. The van der Waals surface area contributed by atoms with Gasteiger partial charge >= 0.3 is 0 Å². The summed E-state index contributed by atoms with van der Waals surface area (Å²) in [6, 6.07) is 12.8. The summed E-state index contributed by atoms with van der Waals surface area (Å²) in [6.07, 6.45) is 5.74. The Balaban J connectivity index is 1.21. The summed E-state index contributed by atoms with van der Waals surface area (Å²) in [6.45, 7) is 17.1. The molecule has 0 radical (unpaired) electrons. The number of piperazine rings is 1. The SMILES string of the molecule is C=CC(=O)Nc1cc(Nc2cc(N3OCC[C@@H]3c3cccc(Cl)c3C)ncn2)c(OC)cc1N1CCC(N2CCN(C(C)C)CC2)CC1. The molecule has 6 rings (SSSR count). The lowest BCUT2D eigenvalue weighted by atomic mass is 9.99. The highest BCUT2D eigenvalue weighted by Gasteiger charge is 2.32. The normalized spacial score (nSPS) is 19.5. The summed E-state index contributed by atoms with van der Waals surface area (Å²) in [4.78, 5) is 35.2. The second-order valence-electron chi connectivity index (χ2n) is 13.0. The number of amides is 1. The van der Waals surface area contributed by atoms with E-state index in [2.05, 4.69) is 61.8 Å². The van der Waals surface area contributed by atoms with Gasteiger partial charge in [-0.15, -0.1) is 0 Å². The fraction of sp³-hybridized carbons (Fsp3) is 0.472. The van der Waals surface area contributed by atoms with E-state index in [0.29, 0.717) is 47.5 Å². The molecule has 2 aromatic carbocycles. The number of nitrogens with zero attached hydrogens (tertiary/aromatic N) is 6. The number of anilines is 5. The molecular weight excluding hydrogens is 628 g/mol. The number of hydrogen-bond donors (Lipinski definition) is 2. The molecule has 3 aliphatic heterocycles. The molecule has 3 fully saturated rings. The van der Waals surface area contributed by atoms with Crippen LogP contribution in [0.4, 0.5) is 28.7 Å². The Labute approximate surface area is 288 Å². The van der Waals surface area contributed by atoms with E-state index < -0.39 is 0 Å². The Morgan fingerprint density at radius 3 is 2.54 bits per heavy atom. The Kier molecular flexibility index (Phi) is 10.7. The molecule has 0 unspecified atom stereocenters. The number of hydrogen-bond acceptors (Lipinski definition) is 10. The lowest BCUT2D eigenvalue weighted by molar-refractivity contribution is -0.111. The second kappa shape index (κ2) is 15.1. The molecule has 48 heavy (non-hydrogen) atoms. The molecule has 12 heteroatoms. The maximum Gasteiger partial charge on any atom is 0.247 e. The number of benzene rings is 2. The van der Waals surface area contributed by atoms with E-state index in [-0.39, 0.29) is 11.9 Å². The van der Waals surface area contributed by atoms with E-state index in [0.717, 1.165) is 80.4 Å². The third-order valence-electron chi connectivity index (χ3n) is 9.88. The minimum atomic E-state index is -0.275. The van der Waals surface area contributed by atoms with Crippen molar-refractivity contribution < 1.29 is 14.4 Å². The van der Waals surface area contributed by atoms with Crippen LogP contribution < -0.4 is 25.3 Å². The van der Waals surface area contributed by atoms with E-state index in [4.69, 9.17) is 21.2 Å². The van der Waals surface area contributed by atoms with Crippen LogP contribution in [0.2, 0.25) is 5.02 Å². The molecule has 1 atom stereocenters. The number of carbonyl (C=O) groups is 1. The summed E-state index contributed by atoms with van der Waals surface area (Å²) in [7, 11) is 1.65. The third kappa shape index (κ3) is 7.39. The average Bonchev–Trinajstić information content (AvgIpc) is 3.60. The van der Waals surface area contributed by atoms with Crippen LogP contribution in [0.3, 0.4) is 0 Å². The maximum absolute atomic E-state index is 12.6. The topological polar surface area (TPSA) is 98.3 Å². The number of hydroxylamine groups is 1. The van der Waals surface area contributed by atoms with E-state index in [1.165, 1.54) is 12.4 Å². The van der Waals surface area contributed by atoms with Crippen molar-refractivity contribution in [3.63, 3.8) is 0 Å². The van der Waals surface area contributed by atoms with E-state index in [9.17, 15) is 4.79 Å². The first-order valence-corrected chi connectivity index (χ1v) is 17.3. The summed E-state index contributed by atoms with van der Waals surface area (Å²) in [5.74, 6) is 1.54. The van der Waals surface area contributed by atoms with Crippen molar-refractivity contribution in [1.82, 2.24) is 19.8 Å². The smallest absolute Gasteiger partial charge is 0.247 e. The Bertz CT molecular complexity index is 1600. The van der Waals surface area contributed by atoms with Crippen molar-refractivity contribution in [3.05, 3.63) is 71.5 Å². The summed E-state index contributed by atoms with van der Waals surface area (Å²) >= 11 is 6.45. The zero-order valence-electron chi connectivity index (χ0n) is 28.4. The van der Waals surface area contributed by atoms with Gasteiger partial charge in [0.05, 0.1) is 36.8 Å². The third-order valence-corrected chi connectivity index (χ3v) is 10.3. The van der Waals surface area contributed by atoms with Crippen molar-refractivity contribution in [2.75, 3.05) is 73.6 Å². The molecule has 1 amide bonds. The minimum absolute atomic E-state index is 0.0326. The van der Waals surface area contributed by atoms with Crippen molar-refractivity contribution in [1.29, 1.82) is 0 Å². The molecule has 3 aliphatic rings. The van der Waals surface area contributed by atoms with Gasteiger partial charge in [-0.25, -0.2) is 15.0 Å². The predicted octanol–water partition coefficient (Wildman–Crippen LogP) is 6.19. The number of aromatic nitrogens is 2. The van der Waals surface area contributed by atoms with Crippen molar-refractivity contribution >= 4 is 46.2 Å². The lowest BCUT2D eigenvalue weighted by Gasteiger charge is -2.44. The number of nitrogens with one attached hydrogen (secondary N) is 2. The van der Waals surface area contributed by atoms with Crippen LogP contribution in [0.15, 0.2) is 55.4 Å². The highest BCUT2D eigenvalue weighted by atomic mass is 35.5. The molecule has 0 aliphatic carbocycles. The molecular formula is C36H47ClN8O3. The van der Waals surface area contributed by atoms with Crippen LogP contribution in [0.25, 0.3) is 0 Å². The van der Waals surface area contributed by atoms with Gasteiger partial charge in [0, 0.05) is 74.9 Å². The molecule has 0 bridgehead atoms. The standard InChI is InChI=1S/C36H47ClN8O3/c1-6-36(46)41-29-20-30(33(47-5)21-32(29)44-13-10-26(11-14-44)43-17-15-42(16-18-43)24(2)3)40-34-22-35(39-23-38-34)45-31(12-19-48-45)27-8-7-9-28(37)25(27)4/h6-9,20-24,26,31H,1,10-19H2,2-5H3,(H,41,46)(H,38,39,40)/t31-/m1/s1. The Morgan fingerprint density at radius 1 is 1.06 bits per heavy atom.